The molecule has 2 aliphatic rings. The van der Waals surface area contributed by atoms with Crippen molar-refractivity contribution in [3.8, 4) is 0 Å². The van der Waals surface area contributed by atoms with Crippen LogP contribution in [0.2, 0.25) is 0 Å². The van der Waals surface area contributed by atoms with Crippen LogP contribution in [0.5, 0.6) is 0 Å². The third kappa shape index (κ3) is 3.92. The molecular formula is C22H18F4N2O4. The van der Waals surface area contributed by atoms with Gasteiger partial charge in [-0.1, -0.05) is 24.3 Å². The number of ether oxygens (including phenoxy) is 1. The van der Waals surface area contributed by atoms with E-state index in [4.69, 9.17) is 4.74 Å². The first-order valence-electron chi connectivity index (χ1n) is 9.85. The third-order valence-corrected chi connectivity index (χ3v) is 5.70. The first kappa shape index (κ1) is 21.8. The summed E-state index contributed by atoms with van der Waals surface area (Å²) in [7, 11) is 0. The molecule has 2 atom stereocenters. The molecule has 0 radical (unpaired) electrons. The van der Waals surface area contributed by atoms with E-state index in [1.165, 1.54) is 4.90 Å². The minimum Gasteiger partial charge on any atom is -0.444 e. The van der Waals surface area contributed by atoms with Crippen molar-refractivity contribution in [3.05, 3.63) is 71.0 Å². The van der Waals surface area contributed by atoms with Crippen LogP contribution >= 0.6 is 0 Å². The maximum Gasteiger partial charge on any atom is 0.416 e. The molecule has 2 aliphatic heterocycles. The van der Waals surface area contributed by atoms with Crippen molar-refractivity contribution in [1.82, 2.24) is 9.80 Å². The number of hydrogen-bond acceptors (Lipinski definition) is 4. The summed E-state index contributed by atoms with van der Waals surface area (Å²) in [6, 6.07) is 9.34. The smallest absolute Gasteiger partial charge is 0.416 e. The van der Waals surface area contributed by atoms with E-state index in [1.54, 1.807) is 30.3 Å². The zero-order valence-electron chi connectivity index (χ0n) is 16.6. The Bertz CT molecular complexity index is 1060. The Balaban J connectivity index is 1.47. The van der Waals surface area contributed by atoms with E-state index in [0.717, 1.165) is 17.0 Å². The molecule has 4 rings (SSSR count). The Morgan fingerprint density at radius 2 is 1.75 bits per heavy atom. The highest BCUT2D eigenvalue weighted by atomic mass is 19.4. The Morgan fingerprint density at radius 3 is 2.44 bits per heavy atom. The van der Waals surface area contributed by atoms with E-state index >= 15 is 0 Å². The molecule has 0 aliphatic carbocycles. The van der Waals surface area contributed by atoms with E-state index in [0.29, 0.717) is 18.1 Å². The summed E-state index contributed by atoms with van der Waals surface area (Å²) in [6.07, 6.45) is -5.53. The van der Waals surface area contributed by atoms with Gasteiger partial charge in [0.1, 0.15) is 18.5 Å². The highest BCUT2D eigenvalue weighted by Crippen LogP contribution is 2.34. The summed E-state index contributed by atoms with van der Waals surface area (Å²) >= 11 is 0. The van der Waals surface area contributed by atoms with Crippen LogP contribution in [0.25, 0.3) is 0 Å². The average molecular weight is 450 g/mol. The largest absolute Gasteiger partial charge is 0.444 e. The van der Waals surface area contributed by atoms with Gasteiger partial charge in [0.15, 0.2) is 5.78 Å². The van der Waals surface area contributed by atoms with Crippen LogP contribution < -0.4 is 0 Å². The van der Waals surface area contributed by atoms with Crippen molar-refractivity contribution < 1.29 is 36.7 Å². The Labute approximate surface area is 180 Å². The number of ketones is 1. The van der Waals surface area contributed by atoms with Gasteiger partial charge < -0.3 is 9.64 Å². The molecule has 2 amide bonds. The lowest BCUT2D eigenvalue weighted by Gasteiger charge is -2.24. The maximum absolute atomic E-state index is 14.0. The molecule has 2 unspecified atom stereocenters. The predicted octanol–water partition coefficient (Wildman–Crippen LogP) is 3.65. The van der Waals surface area contributed by atoms with Crippen molar-refractivity contribution in [3.63, 3.8) is 0 Å². The quantitative estimate of drug-likeness (QED) is 0.670. The molecule has 32 heavy (non-hydrogen) atoms. The molecule has 0 aromatic heterocycles. The molecule has 10 heteroatoms. The van der Waals surface area contributed by atoms with Gasteiger partial charge in [0.2, 0.25) is 0 Å². The van der Waals surface area contributed by atoms with Crippen molar-refractivity contribution in [2.75, 3.05) is 13.1 Å². The second kappa shape index (κ2) is 8.25. The number of amides is 2. The highest BCUT2D eigenvalue weighted by molar-refractivity contribution is 6.02. The van der Waals surface area contributed by atoms with Crippen LogP contribution in [0.4, 0.5) is 22.4 Å². The number of benzene rings is 2. The molecule has 2 heterocycles. The molecule has 0 spiro atoms. The highest BCUT2D eigenvalue weighted by Gasteiger charge is 2.52. The summed E-state index contributed by atoms with van der Waals surface area (Å²) in [4.78, 5) is 40.4. The molecule has 6 nitrogen and oxygen atoms in total. The van der Waals surface area contributed by atoms with Crippen LogP contribution in [0.1, 0.15) is 27.9 Å². The second-order valence-electron chi connectivity index (χ2n) is 7.58. The first-order chi connectivity index (χ1) is 15.2. The van der Waals surface area contributed by atoms with E-state index in [2.05, 4.69) is 0 Å². The van der Waals surface area contributed by atoms with Gasteiger partial charge in [0.25, 0.3) is 5.91 Å². The van der Waals surface area contributed by atoms with Crippen LogP contribution in [0, 0.1) is 5.82 Å². The zero-order valence-corrected chi connectivity index (χ0v) is 16.6. The molecule has 0 bridgehead atoms. The molecule has 2 aromatic rings. The predicted molar refractivity (Wildman–Crippen MR) is 103 cm³/mol. The lowest BCUT2D eigenvalue weighted by Crippen LogP contribution is -2.43. The number of halogens is 4. The SMILES string of the molecule is O=C1CN(C(=O)c2ccccc2)C2CCN(C(=O)OCc3c(F)cccc3C(F)(F)F)C12. The van der Waals surface area contributed by atoms with Gasteiger partial charge in [-0.3, -0.25) is 14.5 Å². The van der Waals surface area contributed by atoms with Gasteiger partial charge in [-0.2, -0.15) is 13.2 Å². The maximum atomic E-state index is 14.0. The summed E-state index contributed by atoms with van der Waals surface area (Å²) < 4.78 is 58.4. The van der Waals surface area contributed by atoms with Crippen molar-refractivity contribution >= 4 is 17.8 Å². The summed E-state index contributed by atoms with van der Waals surface area (Å²) in [5.41, 5.74) is -1.62. The lowest BCUT2D eigenvalue weighted by atomic mass is 10.1. The van der Waals surface area contributed by atoms with E-state index in [9.17, 15) is 31.9 Å². The number of carbonyl (C=O) groups excluding carboxylic acids is 3. The fourth-order valence-electron chi connectivity index (χ4n) is 4.23. The van der Waals surface area contributed by atoms with Gasteiger partial charge in [0, 0.05) is 17.7 Å². The lowest BCUT2D eigenvalue weighted by molar-refractivity contribution is -0.139. The summed E-state index contributed by atoms with van der Waals surface area (Å²) in [5.74, 6) is -1.86. The second-order valence-corrected chi connectivity index (χ2v) is 7.58. The number of Topliss-reactive ketones (excluding diaryl/α,β-unsaturated/α-hetero) is 1. The Hall–Kier alpha value is -3.43. The Morgan fingerprint density at radius 1 is 1.03 bits per heavy atom. The van der Waals surface area contributed by atoms with Gasteiger partial charge in [-0.05, 0) is 30.7 Å². The van der Waals surface area contributed by atoms with Crippen molar-refractivity contribution in [2.45, 2.75) is 31.3 Å². The molecular weight excluding hydrogens is 432 g/mol. The zero-order chi connectivity index (χ0) is 23.0. The molecule has 168 valence electrons. The van der Waals surface area contributed by atoms with Crippen LogP contribution in [-0.2, 0) is 22.3 Å². The fourth-order valence-corrected chi connectivity index (χ4v) is 4.23. The number of alkyl halides is 3. The molecule has 2 fully saturated rings. The number of carbonyl (C=O) groups is 3. The topological polar surface area (TPSA) is 66.9 Å². The van der Waals surface area contributed by atoms with E-state index in [1.807, 2.05) is 0 Å². The van der Waals surface area contributed by atoms with E-state index in [-0.39, 0.29) is 24.8 Å². The minimum absolute atomic E-state index is 0.0852. The number of fused-ring (bicyclic) bond motifs is 1. The van der Waals surface area contributed by atoms with Gasteiger partial charge >= 0.3 is 12.3 Å². The standard InChI is InChI=1S/C22H18F4N2O4/c23-16-8-4-7-15(22(24,25)26)14(16)12-32-21(31)27-10-9-17-19(27)18(29)11-28(17)20(30)13-5-2-1-3-6-13/h1-8,17,19H,9-12H2. The number of hydrogen-bond donors (Lipinski definition) is 0. The minimum atomic E-state index is -4.82. The van der Waals surface area contributed by atoms with E-state index < -0.39 is 47.9 Å². The first-order valence-corrected chi connectivity index (χ1v) is 9.85. The van der Waals surface area contributed by atoms with Crippen molar-refractivity contribution in [2.24, 2.45) is 0 Å². The number of nitrogens with zero attached hydrogens (tertiary/aromatic N) is 2. The molecule has 2 saturated heterocycles. The summed E-state index contributed by atoms with van der Waals surface area (Å²) in [6.45, 7) is -1.03. The van der Waals surface area contributed by atoms with Gasteiger partial charge in [0.05, 0.1) is 18.2 Å². The monoisotopic (exact) mass is 450 g/mol. The Kier molecular flexibility index (Phi) is 5.62. The molecule has 2 aromatic carbocycles. The number of rotatable bonds is 3. The third-order valence-electron chi connectivity index (χ3n) is 5.70. The van der Waals surface area contributed by atoms with Crippen LogP contribution in [-0.4, -0.2) is 52.8 Å². The van der Waals surface area contributed by atoms with Gasteiger partial charge in [-0.15, -0.1) is 0 Å². The summed E-state index contributed by atoms with van der Waals surface area (Å²) in [5, 5.41) is 0. The van der Waals surface area contributed by atoms with Gasteiger partial charge in [-0.25, -0.2) is 9.18 Å². The number of likely N-dealkylation sites (tertiary alicyclic amines) is 2. The fraction of sp³-hybridized carbons (Fsp3) is 0.318. The normalized spacial score (nSPS) is 20.4. The van der Waals surface area contributed by atoms with Crippen LogP contribution in [0.3, 0.4) is 0 Å². The average Bonchev–Trinajstić information content (AvgIpc) is 3.33. The molecule has 0 saturated carbocycles. The molecule has 0 N–H and O–H groups in total. The van der Waals surface area contributed by atoms with Crippen molar-refractivity contribution in [1.29, 1.82) is 0 Å². The van der Waals surface area contributed by atoms with Crippen LogP contribution in [0.15, 0.2) is 48.5 Å².